The van der Waals surface area contributed by atoms with Crippen molar-refractivity contribution in [1.82, 2.24) is 9.97 Å². The van der Waals surface area contributed by atoms with Gasteiger partial charge in [0, 0.05) is 6.20 Å². The zero-order chi connectivity index (χ0) is 14.8. The Balaban J connectivity index is 2.47. The van der Waals surface area contributed by atoms with Gasteiger partial charge in [0.05, 0.1) is 20.8 Å². The fourth-order valence-electron chi connectivity index (χ4n) is 1.39. The van der Waals surface area contributed by atoms with Crippen LogP contribution >= 0.6 is 22.6 Å². The number of aromatic nitrogens is 2. The van der Waals surface area contributed by atoms with Crippen molar-refractivity contribution >= 4 is 22.6 Å². The lowest BCUT2D eigenvalue weighted by Gasteiger charge is -2.13. The first kappa shape index (κ1) is 14.5. The molecule has 1 aromatic carbocycles. The highest BCUT2D eigenvalue weighted by Gasteiger charge is 2.35. The van der Waals surface area contributed by atoms with Gasteiger partial charge in [0.15, 0.2) is 0 Å². The number of benzene rings is 1. The van der Waals surface area contributed by atoms with Gasteiger partial charge in [-0.05, 0) is 40.8 Å². The van der Waals surface area contributed by atoms with Crippen molar-refractivity contribution in [2.75, 3.05) is 0 Å². The maximum absolute atomic E-state index is 12.9. The van der Waals surface area contributed by atoms with Gasteiger partial charge in [-0.3, -0.25) is 0 Å². The van der Waals surface area contributed by atoms with Gasteiger partial charge in [-0.25, -0.2) is 9.97 Å². The summed E-state index contributed by atoms with van der Waals surface area (Å²) in [6, 6.07) is 4.74. The summed E-state index contributed by atoms with van der Waals surface area (Å²) in [5, 5.41) is 8.67. The van der Waals surface area contributed by atoms with Crippen LogP contribution in [0.1, 0.15) is 11.1 Å². The lowest BCUT2D eigenvalue weighted by atomic mass is 10.1. The van der Waals surface area contributed by atoms with Crippen LogP contribution in [0.5, 0.6) is 11.6 Å². The molecule has 0 amide bonds. The van der Waals surface area contributed by atoms with Gasteiger partial charge in [-0.15, -0.1) is 0 Å². The van der Waals surface area contributed by atoms with E-state index in [0.717, 1.165) is 12.1 Å². The molecule has 0 aliphatic carbocycles. The minimum Gasteiger partial charge on any atom is -0.437 e. The van der Waals surface area contributed by atoms with Crippen LogP contribution in [0, 0.1) is 14.9 Å². The summed E-state index contributed by atoms with van der Waals surface area (Å²) in [5.74, 6) is -0.385. The normalized spacial score (nSPS) is 10.9. The summed E-state index contributed by atoms with van der Waals surface area (Å²) >= 11 is 1.85. The molecule has 0 saturated heterocycles. The van der Waals surface area contributed by atoms with Crippen molar-refractivity contribution in [1.29, 1.82) is 5.26 Å². The SMILES string of the molecule is N#Cc1ccc(Oc2ncncc2I)c(C(F)(F)F)c1. The first-order chi connectivity index (χ1) is 9.41. The quantitative estimate of drug-likeness (QED) is 0.732. The Morgan fingerprint density at radius 3 is 2.65 bits per heavy atom. The molecular weight excluding hydrogens is 386 g/mol. The predicted molar refractivity (Wildman–Crippen MR) is 71.0 cm³/mol. The minimum absolute atomic E-state index is 0.0239. The standard InChI is InChI=1S/C12H5F3IN3O/c13-12(14,15)8-3-7(4-17)1-2-10(8)20-11-9(16)5-18-6-19-11/h1-3,5-6H. The molecule has 1 heterocycles. The largest absolute Gasteiger partial charge is 0.437 e. The maximum Gasteiger partial charge on any atom is 0.420 e. The smallest absolute Gasteiger partial charge is 0.420 e. The third kappa shape index (κ3) is 3.16. The molecule has 102 valence electrons. The zero-order valence-electron chi connectivity index (χ0n) is 9.65. The predicted octanol–water partition coefficient (Wildman–Crippen LogP) is 3.76. The summed E-state index contributed by atoms with van der Waals surface area (Å²) < 4.78 is 44.5. The van der Waals surface area contributed by atoms with E-state index < -0.39 is 17.5 Å². The van der Waals surface area contributed by atoms with Gasteiger partial charge in [0.1, 0.15) is 12.1 Å². The van der Waals surface area contributed by atoms with Crippen molar-refractivity contribution < 1.29 is 17.9 Å². The molecule has 20 heavy (non-hydrogen) atoms. The lowest BCUT2D eigenvalue weighted by molar-refractivity contribution is -0.138. The van der Waals surface area contributed by atoms with E-state index in [1.165, 1.54) is 18.6 Å². The van der Waals surface area contributed by atoms with Crippen LogP contribution in [0.25, 0.3) is 0 Å². The molecule has 0 bridgehead atoms. The Morgan fingerprint density at radius 1 is 1.30 bits per heavy atom. The van der Waals surface area contributed by atoms with Gasteiger partial charge >= 0.3 is 6.18 Å². The van der Waals surface area contributed by atoms with Crippen LogP contribution in [-0.4, -0.2) is 9.97 Å². The summed E-state index contributed by atoms with van der Waals surface area (Å²) in [7, 11) is 0. The average Bonchev–Trinajstić information content (AvgIpc) is 2.40. The number of nitriles is 1. The summed E-state index contributed by atoms with van der Waals surface area (Å²) in [5.41, 5.74) is -1.12. The van der Waals surface area contributed by atoms with E-state index in [1.807, 2.05) is 22.6 Å². The van der Waals surface area contributed by atoms with Gasteiger partial charge in [0.2, 0.25) is 5.88 Å². The van der Waals surface area contributed by atoms with E-state index in [-0.39, 0.29) is 11.4 Å². The van der Waals surface area contributed by atoms with E-state index >= 15 is 0 Å². The molecule has 2 rings (SSSR count). The monoisotopic (exact) mass is 391 g/mol. The highest BCUT2D eigenvalue weighted by atomic mass is 127. The molecule has 0 atom stereocenters. The third-order valence-corrected chi connectivity index (χ3v) is 2.99. The molecule has 0 N–H and O–H groups in total. The van der Waals surface area contributed by atoms with Crippen molar-refractivity contribution in [3.05, 3.63) is 45.4 Å². The van der Waals surface area contributed by atoms with Gasteiger partial charge in [-0.2, -0.15) is 18.4 Å². The molecule has 0 spiro atoms. The second-order valence-corrected chi connectivity index (χ2v) is 4.76. The zero-order valence-corrected chi connectivity index (χ0v) is 11.8. The van der Waals surface area contributed by atoms with Crippen LogP contribution in [0.3, 0.4) is 0 Å². The van der Waals surface area contributed by atoms with Crippen LogP contribution in [0.2, 0.25) is 0 Å². The second-order valence-electron chi connectivity index (χ2n) is 3.60. The molecule has 0 fully saturated rings. The van der Waals surface area contributed by atoms with E-state index in [4.69, 9.17) is 10.00 Å². The first-order valence-electron chi connectivity index (χ1n) is 5.16. The fraction of sp³-hybridized carbons (Fsp3) is 0.0833. The second kappa shape index (κ2) is 5.62. The number of nitrogens with zero attached hydrogens (tertiary/aromatic N) is 3. The van der Waals surface area contributed by atoms with Crippen LogP contribution < -0.4 is 4.74 Å². The summed E-state index contributed by atoms with van der Waals surface area (Å²) in [6.07, 6.45) is -2.03. The Morgan fingerprint density at radius 2 is 2.05 bits per heavy atom. The van der Waals surface area contributed by atoms with E-state index in [2.05, 4.69) is 9.97 Å². The van der Waals surface area contributed by atoms with E-state index in [9.17, 15) is 13.2 Å². The fourth-order valence-corrected chi connectivity index (χ4v) is 1.80. The van der Waals surface area contributed by atoms with Crippen molar-refractivity contribution in [3.63, 3.8) is 0 Å². The van der Waals surface area contributed by atoms with Gasteiger partial charge in [0.25, 0.3) is 0 Å². The minimum atomic E-state index is -4.62. The molecule has 1 aromatic heterocycles. The van der Waals surface area contributed by atoms with Crippen LogP contribution in [0.15, 0.2) is 30.7 Å². The number of hydrogen-bond donors (Lipinski definition) is 0. The van der Waals surface area contributed by atoms with Crippen molar-refractivity contribution in [2.24, 2.45) is 0 Å². The lowest BCUT2D eigenvalue weighted by Crippen LogP contribution is -2.08. The first-order valence-corrected chi connectivity index (χ1v) is 6.24. The Hall–Kier alpha value is -1.89. The molecule has 8 heteroatoms. The highest BCUT2D eigenvalue weighted by Crippen LogP contribution is 2.38. The number of hydrogen-bond acceptors (Lipinski definition) is 4. The average molecular weight is 391 g/mol. The third-order valence-electron chi connectivity index (χ3n) is 2.25. The molecule has 2 aromatic rings. The number of halogens is 4. The molecule has 0 radical (unpaired) electrons. The molecular formula is C12H5F3IN3O. The summed E-state index contributed by atoms with van der Waals surface area (Å²) in [4.78, 5) is 7.49. The molecule has 0 aliphatic heterocycles. The molecule has 4 nitrogen and oxygen atoms in total. The Kier molecular flexibility index (Phi) is 4.08. The maximum atomic E-state index is 12.9. The van der Waals surface area contributed by atoms with E-state index in [1.54, 1.807) is 6.07 Å². The van der Waals surface area contributed by atoms with Crippen molar-refractivity contribution in [2.45, 2.75) is 6.18 Å². The molecule has 0 aliphatic rings. The van der Waals surface area contributed by atoms with Gasteiger partial charge in [-0.1, -0.05) is 0 Å². The topological polar surface area (TPSA) is 58.8 Å². The Labute approximate surface area is 125 Å². The van der Waals surface area contributed by atoms with E-state index in [0.29, 0.717) is 3.57 Å². The van der Waals surface area contributed by atoms with Crippen LogP contribution in [-0.2, 0) is 6.18 Å². The van der Waals surface area contributed by atoms with Crippen molar-refractivity contribution in [3.8, 4) is 17.7 Å². The number of rotatable bonds is 2. The highest BCUT2D eigenvalue weighted by molar-refractivity contribution is 14.1. The number of ether oxygens (including phenoxy) is 1. The Bertz CT molecular complexity index is 682. The number of alkyl halides is 3. The van der Waals surface area contributed by atoms with Crippen LogP contribution in [0.4, 0.5) is 13.2 Å². The summed E-state index contributed by atoms with van der Waals surface area (Å²) in [6.45, 7) is 0. The molecule has 0 saturated carbocycles. The molecule has 0 unspecified atom stereocenters. The van der Waals surface area contributed by atoms with Gasteiger partial charge < -0.3 is 4.74 Å².